The summed E-state index contributed by atoms with van der Waals surface area (Å²) in [5.41, 5.74) is 3.80. The Bertz CT molecular complexity index is 1680. The van der Waals surface area contributed by atoms with Crippen molar-refractivity contribution in [2.75, 3.05) is 17.4 Å². The van der Waals surface area contributed by atoms with Gasteiger partial charge in [0.25, 0.3) is 10.0 Å². The molecule has 0 heterocycles. The van der Waals surface area contributed by atoms with Crippen molar-refractivity contribution in [1.29, 1.82) is 0 Å². The Balaban J connectivity index is 1.79. The Morgan fingerprint density at radius 1 is 0.844 bits per heavy atom. The van der Waals surface area contributed by atoms with Crippen molar-refractivity contribution in [2.45, 2.75) is 57.5 Å². The van der Waals surface area contributed by atoms with Crippen molar-refractivity contribution in [3.63, 3.8) is 0 Å². The monoisotopic (exact) mass is 645 g/mol. The maximum atomic E-state index is 14.5. The van der Waals surface area contributed by atoms with Gasteiger partial charge < -0.3 is 10.2 Å². The van der Waals surface area contributed by atoms with E-state index in [0.717, 1.165) is 39.4 Å². The maximum Gasteiger partial charge on any atom is 0.264 e. The molecular weight excluding hydrogens is 606 g/mol. The summed E-state index contributed by atoms with van der Waals surface area (Å²) in [6.07, 6.45) is 1.96. The Morgan fingerprint density at radius 3 is 2.11 bits per heavy atom. The summed E-state index contributed by atoms with van der Waals surface area (Å²) < 4.78 is 29.2. The van der Waals surface area contributed by atoms with Gasteiger partial charge in [-0.1, -0.05) is 109 Å². The van der Waals surface area contributed by atoms with E-state index in [4.69, 9.17) is 11.6 Å². The van der Waals surface area contributed by atoms with Gasteiger partial charge in [0.2, 0.25) is 11.8 Å². The smallest absolute Gasteiger partial charge is 0.264 e. The van der Waals surface area contributed by atoms with Crippen molar-refractivity contribution >= 4 is 39.1 Å². The molecule has 2 amide bonds. The largest absolute Gasteiger partial charge is 0.354 e. The van der Waals surface area contributed by atoms with Crippen LogP contribution in [0.3, 0.4) is 0 Å². The number of anilines is 1. The van der Waals surface area contributed by atoms with Crippen LogP contribution in [0.4, 0.5) is 5.69 Å². The molecule has 1 atom stereocenters. The van der Waals surface area contributed by atoms with Crippen LogP contribution in [0.15, 0.2) is 108 Å². The van der Waals surface area contributed by atoms with E-state index in [0.29, 0.717) is 11.6 Å². The molecule has 0 aliphatic rings. The highest BCUT2D eigenvalue weighted by molar-refractivity contribution is 7.92. The van der Waals surface area contributed by atoms with Crippen LogP contribution in [0, 0.1) is 13.8 Å². The van der Waals surface area contributed by atoms with Gasteiger partial charge in [-0.05, 0) is 61.2 Å². The third-order valence-corrected chi connectivity index (χ3v) is 9.82. The lowest BCUT2D eigenvalue weighted by atomic mass is 10.0. The fraction of sp³-hybridized carbons (Fsp3) is 0.278. The quantitative estimate of drug-likeness (QED) is 0.155. The molecule has 7 nitrogen and oxygen atoms in total. The van der Waals surface area contributed by atoms with Crippen LogP contribution in [-0.4, -0.2) is 44.3 Å². The van der Waals surface area contributed by atoms with E-state index in [9.17, 15) is 18.0 Å². The molecule has 0 radical (unpaired) electrons. The zero-order valence-electron chi connectivity index (χ0n) is 25.9. The van der Waals surface area contributed by atoms with E-state index in [1.54, 1.807) is 36.4 Å². The van der Waals surface area contributed by atoms with Crippen LogP contribution >= 0.6 is 11.6 Å². The van der Waals surface area contributed by atoms with Crippen molar-refractivity contribution in [2.24, 2.45) is 0 Å². The van der Waals surface area contributed by atoms with Crippen LogP contribution in [0.1, 0.15) is 42.0 Å². The lowest BCUT2D eigenvalue weighted by molar-refractivity contribution is -0.140. The van der Waals surface area contributed by atoms with Crippen LogP contribution in [0.25, 0.3) is 0 Å². The minimum atomic E-state index is -4.19. The first kappa shape index (κ1) is 33.7. The number of halogens is 1. The summed E-state index contributed by atoms with van der Waals surface area (Å²) in [5, 5.41) is 3.38. The topological polar surface area (TPSA) is 86.8 Å². The summed E-state index contributed by atoms with van der Waals surface area (Å²) in [6, 6.07) is 29.3. The first-order valence-electron chi connectivity index (χ1n) is 15.1. The third-order valence-electron chi connectivity index (χ3n) is 7.63. The molecule has 0 spiro atoms. The molecule has 0 aliphatic carbocycles. The minimum Gasteiger partial charge on any atom is -0.354 e. The second-order valence-electron chi connectivity index (χ2n) is 11.1. The van der Waals surface area contributed by atoms with Crippen LogP contribution < -0.4 is 9.62 Å². The predicted octanol–water partition coefficient (Wildman–Crippen LogP) is 6.71. The molecule has 45 heavy (non-hydrogen) atoms. The van der Waals surface area contributed by atoms with Gasteiger partial charge in [-0.25, -0.2) is 8.42 Å². The Hall–Kier alpha value is -4.14. The Labute approximate surface area is 271 Å². The van der Waals surface area contributed by atoms with Crippen molar-refractivity contribution in [3.05, 3.63) is 130 Å². The fourth-order valence-electron chi connectivity index (χ4n) is 4.94. The van der Waals surface area contributed by atoms with Gasteiger partial charge in [-0.2, -0.15) is 0 Å². The van der Waals surface area contributed by atoms with Crippen molar-refractivity contribution < 1.29 is 18.0 Å². The Morgan fingerprint density at radius 2 is 1.49 bits per heavy atom. The summed E-state index contributed by atoms with van der Waals surface area (Å²) >= 11 is 6.45. The molecule has 236 valence electrons. The fourth-order valence-corrected chi connectivity index (χ4v) is 6.54. The zero-order valence-corrected chi connectivity index (χ0v) is 27.5. The molecule has 0 saturated heterocycles. The average Bonchev–Trinajstić information content (AvgIpc) is 3.04. The van der Waals surface area contributed by atoms with Crippen LogP contribution in [0.5, 0.6) is 0 Å². The van der Waals surface area contributed by atoms with Gasteiger partial charge >= 0.3 is 0 Å². The van der Waals surface area contributed by atoms with E-state index in [1.165, 1.54) is 17.0 Å². The second-order valence-corrected chi connectivity index (χ2v) is 13.4. The molecule has 4 aromatic carbocycles. The number of hydrogen-bond donors (Lipinski definition) is 1. The Kier molecular flexibility index (Phi) is 11.8. The van der Waals surface area contributed by atoms with Gasteiger partial charge in [0, 0.05) is 24.5 Å². The summed E-state index contributed by atoms with van der Waals surface area (Å²) in [5.74, 6) is -0.804. The van der Waals surface area contributed by atoms with Crippen LogP contribution in [0.2, 0.25) is 5.02 Å². The summed E-state index contributed by atoms with van der Waals surface area (Å²) in [7, 11) is -4.19. The number of unbranched alkanes of at least 4 members (excludes halogenated alkanes) is 1. The number of carbonyl (C=O) groups is 2. The highest BCUT2D eigenvalue weighted by Gasteiger charge is 2.34. The van der Waals surface area contributed by atoms with Gasteiger partial charge in [-0.3, -0.25) is 13.9 Å². The number of nitrogens with one attached hydrogen (secondary N) is 1. The lowest BCUT2D eigenvalue weighted by Gasteiger charge is -2.34. The molecule has 1 N–H and O–H groups in total. The second kappa shape index (κ2) is 15.7. The summed E-state index contributed by atoms with van der Waals surface area (Å²) in [4.78, 5) is 29.9. The molecule has 4 aromatic rings. The highest BCUT2D eigenvalue weighted by atomic mass is 35.5. The standard InChI is InChI=1S/C36H40ClN3O4S/c1-4-5-22-38-36(42)34(23-29-12-8-6-9-13-29)39(25-30-19-16-27(2)17-20-30)35(41)26-40(31-21-18-28(3)33(37)24-31)45(43,44)32-14-10-7-11-15-32/h6-21,24,34H,4-5,22-23,25-26H2,1-3H3,(H,38,42)/t34-/m0/s1. The molecule has 0 saturated carbocycles. The van der Waals surface area contributed by atoms with E-state index < -0.39 is 28.5 Å². The maximum absolute atomic E-state index is 14.5. The normalized spacial score (nSPS) is 11.9. The number of aryl methyl sites for hydroxylation is 2. The molecule has 0 bridgehead atoms. The van der Waals surface area contributed by atoms with Crippen molar-refractivity contribution in [3.8, 4) is 0 Å². The first-order valence-corrected chi connectivity index (χ1v) is 16.9. The summed E-state index contributed by atoms with van der Waals surface area (Å²) in [6.45, 7) is 5.90. The van der Waals surface area contributed by atoms with Crippen LogP contribution in [-0.2, 0) is 32.6 Å². The van der Waals surface area contributed by atoms with Gasteiger partial charge in [0.1, 0.15) is 12.6 Å². The molecule has 4 rings (SSSR count). The van der Waals surface area contributed by atoms with Gasteiger partial charge in [-0.15, -0.1) is 0 Å². The molecule has 0 aromatic heterocycles. The number of benzene rings is 4. The third kappa shape index (κ3) is 8.96. The minimum absolute atomic E-state index is 0.0396. The number of hydrogen-bond acceptors (Lipinski definition) is 4. The molecule has 9 heteroatoms. The number of sulfonamides is 1. The number of amides is 2. The zero-order chi connectivity index (χ0) is 32.4. The molecular formula is C36H40ClN3O4S. The molecule has 0 fully saturated rings. The van der Waals surface area contributed by atoms with E-state index >= 15 is 0 Å². The van der Waals surface area contributed by atoms with E-state index in [1.807, 2.05) is 75.4 Å². The lowest BCUT2D eigenvalue weighted by Crippen LogP contribution is -2.53. The first-order chi connectivity index (χ1) is 21.6. The molecule has 0 unspecified atom stereocenters. The number of rotatable bonds is 14. The van der Waals surface area contributed by atoms with Gasteiger partial charge in [0.05, 0.1) is 10.6 Å². The number of carbonyl (C=O) groups excluding carboxylic acids is 2. The predicted molar refractivity (Wildman–Crippen MR) is 181 cm³/mol. The SMILES string of the molecule is CCCCNC(=O)[C@H](Cc1ccccc1)N(Cc1ccc(C)cc1)C(=O)CN(c1ccc(C)c(Cl)c1)S(=O)(=O)c1ccccc1. The van der Waals surface area contributed by atoms with E-state index in [2.05, 4.69) is 5.32 Å². The van der Waals surface area contributed by atoms with E-state index in [-0.39, 0.29) is 29.5 Å². The highest BCUT2D eigenvalue weighted by Crippen LogP contribution is 2.29. The average molecular weight is 646 g/mol. The van der Waals surface area contributed by atoms with Gasteiger partial charge in [0.15, 0.2) is 0 Å². The molecule has 0 aliphatic heterocycles. The van der Waals surface area contributed by atoms with Crippen molar-refractivity contribution in [1.82, 2.24) is 10.2 Å². The number of nitrogens with zero attached hydrogens (tertiary/aromatic N) is 2.